The molecule has 1 aromatic carbocycles. The summed E-state index contributed by atoms with van der Waals surface area (Å²) >= 11 is 0. The number of benzene rings is 1. The Morgan fingerprint density at radius 3 is 2.68 bits per heavy atom. The first-order chi connectivity index (χ1) is 10.3. The van der Waals surface area contributed by atoms with Crippen molar-refractivity contribution in [3.63, 3.8) is 0 Å². The summed E-state index contributed by atoms with van der Waals surface area (Å²) in [4.78, 5) is 14.9. The number of morpholine rings is 1. The summed E-state index contributed by atoms with van der Waals surface area (Å²) in [7, 11) is 0. The van der Waals surface area contributed by atoms with Gasteiger partial charge in [-0.15, -0.1) is 12.4 Å². The molecule has 1 saturated carbocycles. The molecule has 0 aromatic heterocycles. The van der Waals surface area contributed by atoms with Gasteiger partial charge in [-0.05, 0) is 31.2 Å². The van der Waals surface area contributed by atoms with Gasteiger partial charge in [0.25, 0.3) is 5.91 Å². The van der Waals surface area contributed by atoms with E-state index in [9.17, 15) is 4.79 Å². The van der Waals surface area contributed by atoms with Crippen molar-refractivity contribution in [2.45, 2.75) is 38.5 Å². The zero-order valence-corrected chi connectivity index (χ0v) is 13.8. The van der Waals surface area contributed by atoms with E-state index in [4.69, 9.17) is 4.74 Å². The molecule has 1 aliphatic heterocycles. The van der Waals surface area contributed by atoms with E-state index < -0.39 is 0 Å². The largest absolute Gasteiger partial charge is 0.366 e. The standard InChI is InChI=1S/C17H24N2O2.ClH/c1-13(15-7-8-15)19(12-14-5-3-2-4-6-14)17(20)16-11-18-9-10-21-16;/h2-6,13,15-16,18H,7-12H2,1H3;1H. The van der Waals surface area contributed by atoms with E-state index in [1.807, 2.05) is 23.1 Å². The molecule has 122 valence electrons. The van der Waals surface area contributed by atoms with Gasteiger partial charge in [0.1, 0.15) is 6.10 Å². The minimum atomic E-state index is -0.330. The average Bonchev–Trinajstić information content (AvgIpc) is 3.38. The van der Waals surface area contributed by atoms with Crippen molar-refractivity contribution >= 4 is 18.3 Å². The van der Waals surface area contributed by atoms with E-state index in [1.54, 1.807) is 0 Å². The van der Waals surface area contributed by atoms with Crippen molar-refractivity contribution in [3.05, 3.63) is 35.9 Å². The molecule has 3 rings (SSSR count). The van der Waals surface area contributed by atoms with Gasteiger partial charge in [-0.1, -0.05) is 30.3 Å². The summed E-state index contributed by atoms with van der Waals surface area (Å²) in [6.45, 7) is 4.93. The van der Waals surface area contributed by atoms with Crippen LogP contribution in [0.4, 0.5) is 0 Å². The highest BCUT2D eigenvalue weighted by molar-refractivity contribution is 5.85. The molecule has 1 N–H and O–H groups in total. The Kier molecular flexibility index (Phi) is 6.24. The molecule has 2 fully saturated rings. The number of rotatable bonds is 5. The van der Waals surface area contributed by atoms with Crippen molar-refractivity contribution in [2.75, 3.05) is 19.7 Å². The smallest absolute Gasteiger partial charge is 0.253 e. The van der Waals surface area contributed by atoms with Crippen molar-refractivity contribution in [2.24, 2.45) is 5.92 Å². The Balaban J connectivity index is 0.00000176. The van der Waals surface area contributed by atoms with Gasteiger partial charge in [-0.2, -0.15) is 0 Å². The van der Waals surface area contributed by atoms with E-state index in [1.165, 1.54) is 18.4 Å². The summed E-state index contributed by atoms with van der Waals surface area (Å²) in [5.74, 6) is 0.791. The van der Waals surface area contributed by atoms with E-state index >= 15 is 0 Å². The quantitative estimate of drug-likeness (QED) is 0.903. The normalized spacial score (nSPS) is 22.5. The van der Waals surface area contributed by atoms with Crippen LogP contribution in [0.1, 0.15) is 25.3 Å². The molecule has 1 saturated heterocycles. The van der Waals surface area contributed by atoms with Crippen molar-refractivity contribution in [1.82, 2.24) is 10.2 Å². The average molecular weight is 325 g/mol. The third-order valence-electron chi connectivity index (χ3n) is 4.48. The number of hydrogen-bond acceptors (Lipinski definition) is 3. The monoisotopic (exact) mass is 324 g/mol. The van der Waals surface area contributed by atoms with Gasteiger partial charge < -0.3 is 15.0 Å². The lowest BCUT2D eigenvalue weighted by Gasteiger charge is -2.34. The fourth-order valence-corrected chi connectivity index (χ4v) is 2.94. The third kappa shape index (κ3) is 4.22. The summed E-state index contributed by atoms with van der Waals surface area (Å²) < 4.78 is 5.66. The van der Waals surface area contributed by atoms with Crippen LogP contribution in [0.2, 0.25) is 0 Å². The predicted octanol–water partition coefficient (Wildman–Crippen LogP) is 2.22. The van der Waals surface area contributed by atoms with Gasteiger partial charge in [0.2, 0.25) is 0 Å². The first-order valence-electron chi connectivity index (χ1n) is 7.92. The molecule has 2 atom stereocenters. The van der Waals surface area contributed by atoms with Crippen LogP contribution in [0, 0.1) is 5.92 Å². The number of nitrogens with zero attached hydrogens (tertiary/aromatic N) is 1. The maximum Gasteiger partial charge on any atom is 0.253 e. The Hall–Kier alpha value is -1.10. The molecule has 4 nitrogen and oxygen atoms in total. The molecule has 0 bridgehead atoms. The van der Waals surface area contributed by atoms with Crippen LogP contribution in [0.25, 0.3) is 0 Å². The highest BCUT2D eigenvalue weighted by atomic mass is 35.5. The fourth-order valence-electron chi connectivity index (χ4n) is 2.94. The van der Waals surface area contributed by atoms with Gasteiger partial charge in [-0.3, -0.25) is 4.79 Å². The second kappa shape index (κ2) is 7.95. The van der Waals surface area contributed by atoms with Crippen LogP contribution in [0.3, 0.4) is 0 Å². The van der Waals surface area contributed by atoms with E-state index in [0.717, 1.165) is 6.54 Å². The molecule has 1 heterocycles. The van der Waals surface area contributed by atoms with Crippen LogP contribution >= 0.6 is 12.4 Å². The van der Waals surface area contributed by atoms with E-state index in [0.29, 0.717) is 31.7 Å². The highest BCUT2D eigenvalue weighted by Crippen LogP contribution is 2.36. The Bertz CT molecular complexity index is 473. The first-order valence-corrected chi connectivity index (χ1v) is 7.92. The molecule has 1 aliphatic carbocycles. The van der Waals surface area contributed by atoms with E-state index in [2.05, 4.69) is 24.4 Å². The topological polar surface area (TPSA) is 41.6 Å². The highest BCUT2D eigenvalue weighted by Gasteiger charge is 2.37. The van der Waals surface area contributed by atoms with Crippen molar-refractivity contribution in [1.29, 1.82) is 0 Å². The fraction of sp³-hybridized carbons (Fsp3) is 0.588. The third-order valence-corrected chi connectivity index (χ3v) is 4.48. The molecule has 5 heteroatoms. The van der Waals surface area contributed by atoms with Gasteiger partial charge in [-0.25, -0.2) is 0 Å². The molecule has 0 spiro atoms. The molecular weight excluding hydrogens is 300 g/mol. The zero-order valence-electron chi connectivity index (χ0n) is 13.0. The molecule has 1 amide bonds. The molecule has 0 radical (unpaired) electrons. The van der Waals surface area contributed by atoms with Crippen LogP contribution in [0.5, 0.6) is 0 Å². The number of amides is 1. The maximum atomic E-state index is 12.8. The van der Waals surface area contributed by atoms with Gasteiger partial charge >= 0.3 is 0 Å². The Labute approximate surface area is 138 Å². The first kappa shape index (κ1) is 17.3. The summed E-state index contributed by atoms with van der Waals surface area (Å²) in [5, 5.41) is 3.25. The van der Waals surface area contributed by atoms with Crippen LogP contribution in [0.15, 0.2) is 30.3 Å². The van der Waals surface area contributed by atoms with Gasteiger partial charge in [0.05, 0.1) is 6.61 Å². The molecule has 2 aliphatic rings. The number of halogens is 1. The number of ether oxygens (including phenoxy) is 1. The number of carbonyl (C=O) groups excluding carboxylic acids is 1. The van der Waals surface area contributed by atoms with Crippen LogP contribution < -0.4 is 5.32 Å². The lowest BCUT2D eigenvalue weighted by molar-refractivity contribution is -0.148. The number of carbonyl (C=O) groups is 1. The van der Waals surface area contributed by atoms with Crippen molar-refractivity contribution in [3.8, 4) is 0 Å². The molecule has 1 aromatic rings. The van der Waals surface area contributed by atoms with Gasteiger partial charge in [0.15, 0.2) is 0 Å². The Morgan fingerprint density at radius 2 is 2.09 bits per heavy atom. The number of hydrogen-bond donors (Lipinski definition) is 1. The molecule has 22 heavy (non-hydrogen) atoms. The Morgan fingerprint density at radius 1 is 1.36 bits per heavy atom. The SMILES string of the molecule is CC(C1CC1)N(Cc1ccccc1)C(=O)C1CNCCO1.Cl. The lowest BCUT2D eigenvalue weighted by atomic mass is 10.1. The zero-order chi connectivity index (χ0) is 14.7. The van der Waals surface area contributed by atoms with Crippen molar-refractivity contribution < 1.29 is 9.53 Å². The summed E-state index contributed by atoms with van der Waals surface area (Å²) in [6.07, 6.45) is 2.15. The summed E-state index contributed by atoms with van der Waals surface area (Å²) in [5.41, 5.74) is 1.18. The molecular formula is C17H25ClN2O2. The minimum Gasteiger partial charge on any atom is -0.366 e. The predicted molar refractivity (Wildman–Crippen MR) is 89.0 cm³/mol. The number of nitrogens with one attached hydrogen (secondary N) is 1. The van der Waals surface area contributed by atoms with Crippen LogP contribution in [-0.2, 0) is 16.1 Å². The maximum absolute atomic E-state index is 12.8. The molecule has 2 unspecified atom stereocenters. The minimum absolute atomic E-state index is 0. The summed E-state index contributed by atoms with van der Waals surface area (Å²) in [6, 6.07) is 10.5. The van der Waals surface area contributed by atoms with Crippen LogP contribution in [-0.4, -0.2) is 42.6 Å². The second-order valence-corrected chi connectivity index (χ2v) is 6.09. The van der Waals surface area contributed by atoms with E-state index in [-0.39, 0.29) is 24.4 Å². The lowest BCUT2D eigenvalue weighted by Crippen LogP contribution is -2.51. The second-order valence-electron chi connectivity index (χ2n) is 6.09. The van der Waals surface area contributed by atoms with Gasteiger partial charge in [0, 0.05) is 25.7 Å².